The van der Waals surface area contributed by atoms with E-state index in [0.717, 1.165) is 11.1 Å². The van der Waals surface area contributed by atoms with Crippen molar-refractivity contribution in [1.82, 2.24) is 20.5 Å². The molecule has 1 aliphatic carbocycles. The van der Waals surface area contributed by atoms with Crippen LogP contribution in [0.2, 0.25) is 5.02 Å². The molecule has 0 saturated heterocycles. The normalized spacial score (nSPS) is 18.2. The number of nitrogens with two attached hydrogens (primary N) is 1. The molecule has 1 atom stereocenters. The van der Waals surface area contributed by atoms with Crippen LogP contribution >= 0.6 is 11.6 Å². The van der Waals surface area contributed by atoms with Crippen molar-refractivity contribution in [3.8, 4) is 11.3 Å². The van der Waals surface area contributed by atoms with Crippen LogP contribution in [-0.4, -0.2) is 27.3 Å². The predicted molar refractivity (Wildman–Crippen MR) is 150 cm³/mol. The van der Waals surface area contributed by atoms with Crippen LogP contribution in [-0.2, 0) is 4.74 Å². The van der Waals surface area contributed by atoms with Crippen LogP contribution in [0.15, 0.2) is 65.5 Å². The number of halogens is 1. The van der Waals surface area contributed by atoms with E-state index in [1.165, 1.54) is 10.7 Å². The number of hydrogen-bond acceptors (Lipinski definition) is 6. The lowest BCUT2D eigenvalue weighted by atomic mass is 9.80. The Labute approximate surface area is 232 Å². The number of carbonyl (C=O) groups excluding carboxylic acids is 2. The molecule has 1 aliphatic rings. The number of amides is 2. The van der Waals surface area contributed by atoms with Crippen molar-refractivity contribution in [2.75, 3.05) is 0 Å². The van der Waals surface area contributed by atoms with Crippen LogP contribution in [0.1, 0.15) is 74.5 Å². The summed E-state index contributed by atoms with van der Waals surface area (Å²) in [5.41, 5.74) is 3.17. The Morgan fingerprint density at radius 1 is 1.05 bits per heavy atom. The Morgan fingerprint density at radius 2 is 1.74 bits per heavy atom. The quantitative estimate of drug-likeness (QED) is 0.220. The zero-order valence-electron chi connectivity index (χ0n) is 22.3. The van der Waals surface area contributed by atoms with E-state index in [1.807, 2.05) is 69.3 Å². The maximum absolute atomic E-state index is 13.3. The molecular formula is C29H34ClN5O4. The van der Waals surface area contributed by atoms with Crippen LogP contribution in [0.5, 0.6) is 0 Å². The Morgan fingerprint density at radius 3 is 2.36 bits per heavy atom. The number of nitrogens with zero attached hydrogens (tertiary/aromatic N) is 2. The van der Waals surface area contributed by atoms with Crippen LogP contribution in [0, 0.1) is 5.92 Å². The average molecular weight is 552 g/mol. The Hall–Kier alpha value is -3.69. The number of aromatic nitrogens is 2. The number of hydrazine groups is 1. The third-order valence-corrected chi connectivity index (χ3v) is 7.02. The predicted octanol–water partition coefficient (Wildman–Crippen LogP) is 5.16. The molecule has 2 amide bonds. The van der Waals surface area contributed by atoms with Gasteiger partial charge in [-0.2, -0.15) is 5.10 Å². The molecule has 10 heteroatoms. The first-order chi connectivity index (χ1) is 18.6. The molecule has 2 aromatic carbocycles. The van der Waals surface area contributed by atoms with Crippen molar-refractivity contribution >= 4 is 23.6 Å². The highest BCUT2D eigenvalue weighted by Crippen LogP contribution is 2.41. The molecule has 4 rings (SSSR count). The van der Waals surface area contributed by atoms with Gasteiger partial charge in [-0.25, -0.2) is 15.3 Å². The van der Waals surface area contributed by atoms with E-state index >= 15 is 0 Å². The average Bonchev–Trinajstić information content (AvgIpc) is 2.91. The Kier molecular flexibility index (Phi) is 8.72. The minimum atomic E-state index is -0.665. The molecule has 1 saturated carbocycles. The van der Waals surface area contributed by atoms with E-state index in [4.69, 9.17) is 22.2 Å². The van der Waals surface area contributed by atoms with Crippen molar-refractivity contribution in [3.63, 3.8) is 0 Å². The summed E-state index contributed by atoms with van der Waals surface area (Å²) in [6.07, 6.45) is 1.56. The molecule has 1 heterocycles. The van der Waals surface area contributed by atoms with E-state index in [-0.39, 0.29) is 17.5 Å². The van der Waals surface area contributed by atoms with Gasteiger partial charge in [-0.3, -0.25) is 15.0 Å². The zero-order valence-corrected chi connectivity index (χ0v) is 23.1. The van der Waals surface area contributed by atoms with Crippen LogP contribution in [0.3, 0.4) is 0 Å². The molecule has 1 fully saturated rings. The van der Waals surface area contributed by atoms with E-state index < -0.39 is 29.2 Å². The zero-order chi connectivity index (χ0) is 28.2. The first-order valence-corrected chi connectivity index (χ1v) is 13.4. The number of nitrogens with one attached hydrogen (secondary N) is 2. The lowest BCUT2D eigenvalue weighted by molar-refractivity contribution is 0.0370. The van der Waals surface area contributed by atoms with Crippen molar-refractivity contribution in [2.45, 2.75) is 64.1 Å². The summed E-state index contributed by atoms with van der Waals surface area (Å²) in [6.45, 7) is 5.67. The van der Waals surface area contributed by atoms with E-state index in [1.54, 1.807) is 6.07 Å². The van der Waals surface area contributed by atoms with Gasteiger partial charge in [0, 0.05) is 22.0 Å². The van der Waals surface area contributed by atoms with Gasteiger partial charge in [0.25, 0.3) is 11.5 Å². The van der Waals surface area contributed by atoms with Crippen molar-refractivity contribution in [1.29, 1.82) is 0 Å². The Balaban J connectivity index is 1.60. The monoisotopic (exact) mass is 551 g/mol. The summed E-state index contributed by atoms with van der Waals surface area (Å²) in [4.78, 5) is 38.5. The molecule has 0 bridgehead atoms. The fourth-order valence-electron chi connectivity index (χ4n) is 4.97. The summed E-state index contributed by atoms with van der Waals surface area (Å²) < 4.78 is 7.36. The number of benzene rings is 2. The number of hydrogen-bond donors (Lipinski definition) is 3. The number of ether oxygens (including phenoxy) is 1. The Bertz CT molecular complexity index is 1380. The first kappa shape index (κ1) is 28.3. The molecule has 3 aromatic rings. The van der Waals surface area contributed by atoms with E-state index in [2.05, 4.69) is 15.8 Å². The van der Waals surface area contributed by atoms with Gasteiger partial charge in [-0.1, -0.05) is 54.1 Å². The van der Waals surface area contributed by atoms with Crippen LogP contribution in [0.25, 0.3) is 11.3 Å². The smallest absolute Gasteiger partial charge is 0.408 e. The summed E-state index contributed by atoms with van der Waals surface area (Å²) in [5, 5.41) is 8.06. The van der Waals surface area contributed by atoms with Gasteiger partial charge in [0.2, 0.25) is 0 Å². The first-order valence-electron chi connectivity index (χ1n) is 13.0. The fraction of sp³-hybridized carbons (Fsp3) is 0.379. The summed E-state index contributed by atoms with van der Waals surface area (Å²) >= 11 is 6.27. The lowest BCUT2D eigenvalue weighted by Crippen LogP contribution is -2.42. The number of nitrogen functional groups attached to an aromatic ring is 1. The molecular weight excluding hydrogens is 518 g/mol. The maximum atomic E-state index is 13.3. The standard InChI is InChI=1S/C29H34ClN5O4/c1-29(2,3)32-28(38)39-25(20-10-7-11-21(30)16-20)19-12-14-22(15-13-19)35-27(37)23(26(36)33-31)17-24(34-35)18-8-5-4-6-9-18/h4-11,16-17,19,22,25H,12-15,31H2,1-3H3,(H,32,38)(H,33,36). The SMILES string of the molecule is CC(C)(C)NC(=O)OC(c1cccc(Cl)c1)C1CCC(n2nc(-c3ccccc3)cc(C(=O)NN)c2=O)CC1. The van der Waals surface area contributed by atoms with E-state index in [9.17, 15) is 14.4 Å². The highest BCUT2D eigenvalue weighted by atomic mass is 35.5. The molecule has 1 aromatic heterocycles. The second-order valence-corrected chi connectivity index (χ2v) is 11.3. The van der Waals surface area contributed by atoms with Gasteiger partial charge in [0.1, 0.15) is 11.7 Å². The maximum Gasteiger partial charge on any atom is 0.408 e. The van der Waals surface area contributed by atoms with E-state index in [0.29, 0.717) is 36.4 Å². The van der Waals surface area contributed by atoms with Crippen molar-refractivity contribution in [2.24, 2.45) is 11.8 Å². The third-order valence-electron chi connectivity index (χ3n) is 6.78. The molecule has 39 heavy (non-hydrogen) atoms. The van der Waals surface area contributed by atoms with Crippen molar-refractivity contribution < 1.29 is 14.3 Å². The van der Waals surface area contributed by atoms with Gasteiger partial charge >= 0.3 is 6.09 Å². The van der Waals surface area contributed by atoms with Gasteiger partial charge in [0.05, 0.1) is 11.7 Å². The van der Waals surface area contributed by atoms with Crippen LogP contribution < -0.4 is 22.1 Å². The summed E-state index contributed by atoms with van der Waals surface area (Å²) in [5.74, 6) is 4.70. The second kappa shape index (κ2) is 12.0. The third kappa shape index (κ3) is 7.04. The van der Waals surface area contributed by atoms with Crippen molar-refractivity contribution in [3.05, 3.63) is 87.2 Å². The highest BCUT2D eigenvalue weighted by Gasteiger charge is 2.34. The summed E-state index contributed by atoms with van der Waals surface area (Å²) in [7, 11) is 0. The lowest BCUT2D eigenvalue weighted by Gasteiger charge is -2.34. The van der Waals surface area contributed by atoms with Gasteiger partial charge < -0.3 is 10.1 Å². The molecule has 1 unspecified atom stereocenters. The minimum absolute atomic E-state index is 0.00486. The molecule has 206 valence electrons. The number of alkyl carbamates (subject to hydrolysis) is 1. The second-order valence-electron chi connectivity index (χ2n) is 10.9. The summed E-state index contributed by atoms with van der Waals surface area (Å²) in [6, 6.07) is 17.9. The van der Waals surface area contributed by atoms with Gasteiger partial charge in [-0.05, 0) is 70.2 Å². The molecule has 0 aliphatic heterocycles. The molecule has 4 N–H and O–H groups in total. The van der Waals surface area contributed by atoms with Gasteiger partial charge in [0.15, 0.2) is 0 Å². The van der Waals surface area contributed by atoms with Crippen LogP contribution in [0.4, 0.5) is 4.79 Å². The largest absolute Gasteiger partial charge is 0.441 e. The number of carbonyl (C=O) groups is 2. The van der Waals surface area contributed by atoms with Gasteiger partial charge in [-0.15, -0.1) is 0 Å². The fourth-order valence-corrected chi connectivity index (χ4v) is 5.17. The highest BCUT2D eigenvalue weighted by molar-refractivity contribution is 6.30. The number of rotatable bonds is 6. The minimum Gasteiger partial charge on any atom is -0.441 e. The molecule has 0 spiro atoms. The topological polar surface area (TPSA) is 128 Å². The molecule has 0 radical (unpaired) electrons. The molecule has 9 nitrogen and oxygen atoms in total.